The van der Waals surface area contributed by atoms with E-state index in [4.69, 9.17) is 0 Å². The Labute approximate surface area is 408 Å². The van der Waals surface area contributed by atoms with E-state index >= 15 is 0 Å². The second-order valence-electron chi connectivity index (χ2n) is 20.5. The van der Waals surface area contributed by atoms with Gasteiger partial charge in [-0.05, 0) is 205 Å². The molecule has 0 saturated heterocycles. The van der Waals surface area contributed by atoms with E-state index in [-0.39, 0.29) is 5.41 Å². The molecule has 1 aliphatic carbocycles. The van der Waals surface area contributed by atoms with Crippen LogP contribution >= 0.6 is 0 Å². The topological polar surface area (TPSA) is 6.48 Å². The minimum absolute atomic E-state index is 0.0537. The lowest BCUT2D eigenvalue weighted by molar-refractivity contribution is 0.346. The standard InChI is InChI=1S/C66H70N2/c1-46(2)42-54-16-10-12-18-64(54)52-22-32-58(33-23-52)67(62-30-20-48(5)50(7)44-62)60-36-26-56(27-37-60)66(40-14-9-15-41-66)57-28-38-61(39-29-57)68(63-31-21-49(6)51(8)45-63)59-34-24-53(25-35-59)65-19-13-11-17-55(65)43-47(3)4/h10-13,16-39,44-47H,9,14-15,40-43H2,1-8H3. The first-order valence-electron chi connectivity index (χ1n) is 25.3. The van der Waals surface area contributed by atoms with Crippen molar-refractivity contribution in [2.24, 2.45) is 11.8 Å². The molecule has 1 aliphatic rings. The van der Waals surface area contributed by atoms with E-state index in [1.165, 1.54) is 109 Å². The molecule has 0 amide bonds. The van der Waals surface area contributed by atoms with Gasteiger partial charge >= 0.3 is 0 Å². The summed E-state index contributed by atoms with van der Waals surface area (Å²) >= 11 is 0. The molecule has 0 atom stereocenters. The van der Waals surface area contributed by atoms with Crippen LogP contribution in [0.4, 0.5) is 34.1 Å². The maximum Gasteiger partial charge on any atom is 0.0464 e. The van der Waals surface area contributed by atoms with Gasteiger partial charge in [-0.1, -0.05) is 156 Å². The highest BCUT2D eigenvalue weighted by Crippen LogP contribution is 2.47. The molecular weight excluding hydrogens is 821 g/mol. The van der Waals surface area contributed by atoms with Crippen LogP contribution in [-0.2, 0) is 18.3 Å². The zero-order valence-corrected chi connectivity index (χ0v) is 41.8. The lowest BCUT2D eigenvalue weighted by Gasteiger charge is -2.39. The van der Waals surface area contributed by atoms with Crippen molar-refractivity contribution < 1.29 is 0 Å². The summed E-state index contributed by atoms with van der Waals surface area (Å²) in [7, 11) is 0. The Hall–Kier alpha value is -6.64. The van der Waals surface area contributed by atoms with Crippen LogP contribution < -0.4 is 9.80 Å². The summed E-state index contributed by atoms with van der Waals surface area (Å²) in [5.74, 6) is 1.20. The summed E-state index contributed by atoms with van der Waals surface area (Å²) in [6.07, 6.45) is 8.17. The third kappa shape index (κ3) is 9.84. The first kappa shape index (κ1) is 46.5. The molecule has 0 N–H and O–H groups in total. The highest BCUT2D eigenvalue weighted by molar-refractivity contribution is 5.81. The molecule has 9 rings (SSSR count). The fourth-order valence-electron chi connectivity index (χ4n) is 10.8. The molecule has 8 aromatic rings. The van der Waals surface area contributed by atoms with Crippen LogP contribution in [0.15, 0.2) is 182 Å². The minimum Gasteiger partial charge on any atom is -0.310 e. The third-order valence-corrected chi connectivity index (χ3v) is 14.7. The molecule has 0 aromatic heterocycles. The van der Waals surface area contributed by atoms with Crippen LogP contribution in [0.1, 0.15) is 104 Å². The van der Waals surface area contributed by atoms with Gasteiger partial charge in [-0.3, -0.25) is 0 Å². The molecule has 0 aliphatic heterocycles. The van der Waals surface area contributed by atoms with Gasteiger partial charge in [-0.2, -0.15) is 0 Å². The third-order valence-electron chi connectivity index (χ3n) is 14.7. The quantitative estimate of drug-likeness (QED) is 0.107. The summed E-state index contributed by atoms with van der Waals surface area (Å²) < 4.78 is 0. The Kier molecular flexibility index (Phi) is 13.9. The second-order valence-corrected chi connectivity index (χ2v) is 20.5. The zero-order valence-electron chi connectivity index (χ0n) is 41.8. The van der Waals surface area contributed by atoms with Crippen molar-refractivity contribution in [2.45, 2.75) is 106 Å². The highest BCUT2D eigenvalue weighted by atomic mass is 15.1. The second kappa shape index (κ2) is 20.3. The van der Waals surface area contributed by atoms with Crippen molar-refractivity contribution in [1.82, 2.24) is 0 Å². The maximum absolute atomic E-state index is 2.43. The van der Waals surface area contributed by atoms with Gasteiger partial charge in [0.2, 0.25) is 0 Å². The van der Waals surface area contributed by atoms with Crippen molar-refractivity contribution in [1.29, 1.82) is 0 Å². The normalized spacial score (nSPS) is 13.5. The number of hydrogen-bond acceptors (Lipinski definition) is 2. The molecule has 1 fully saturated rings. The van der Waals surface area contributed by atoms with Crippen LogP contribution in [0, 0.1) is 39.5 Å². The maximum atomic E-state index is 2.43. The largest absolute Gasteiger partial charge is 0.310 e. The van der Waals surface area contributed by atoms with Gasteiger partial charge in [-0.15, -0.1) is 0 Å². The monoisotopic (exact) mass is 891 g/mol. The molecule has 2 nitrogen and oxygen atoms in total. The van der Waals surface area contributed by atoms with Crippen molar-refractivity contribution in [3.63, 3.8) is 0 Å². The molecule has 8 aromatic carbocycles. The molecule has 1 saturated carbocycles. The van der Waals surface area contributed by atoms with Crippen LogP contribution in [0.3, 0.4) is 0 Å². The average Bonchev–Trinajstić information content (AvgIpc) is 3.35. The smallest absolute Gasteiger partial charge is 0.0464 e. The van der Waals surface area contributed by atoms with E-state index in [9.17, 15) is 0 Å². The highest BCUT2D eigenvalue weighted by Gasteiger charge is 2.36. The molecule has 0 heterocycles. The molecule has 344 valence electrons. The SMILES string of the molecule is Cc1ccc(N(c2ccc(-c3ccccc3CC(C)C)cc2)c2ccc(C3(c4ccc(N(c5ccc(-c6ccccc6CC(C)C)cc5)c5ccc(C)c(C)c5)cc4)CCCCC3)cc2)cc1C. The summed E-state index contributed by atoms with van der Waals surface area (Å²) in [5, 5.41) is 0. The number of anilines is 6. The lowest BCUT2D eigenvalue weighted by Crippen LogP contribution is -2.30. The summed E-state index contributed by atoms with van der Waals surface area (Å²) in [5.41, 5.74) is 23.0. The first-order chi connectivity index (χ1) is 33.0. The molecule has 0 radical (unpaired) electrons. The van der Waals surface area contributed by atoms with E-state index in [1.54, 1.807) is 0 Å². The Morgan fingerprint density at radius 1 is 0.368 bits per heavy atom. The molecule has 0 unspecified atom stereocenters. The molecule has 2 heteroatoms. The van der Waals surface area contributed by atoms with Crippen molar-refractivity contribution in [2.75, 3.05) is 9.80 Å². The van der Waals surface area contributed by atoms with Crippen molar-refractivity contribution >= 4 is 34.1 Å². The van der Waals surface area contributed by atoms with E-state index in [2.05, 4.69) is 247 Å². The van der Waals surface area contributed by atoms with Crippen LogP contribution in [0.2, 0.25) is 0 Å². The van der Waals surface area contributed by atoms with E-state index in [1.807, 2.05) is 0 Å². The van der Waals surface area contributed by atoms with Gasteiger partial charge in [0.05, 0.1) is 0 Å². The first-order valence-corrected chi connectivity index (χ1v) is 25.3. The Morgan fingerprint density at radius 2 is 0.706 bits per heavy atom. The lowest BCUT2D eigenvalue weighted by atomic mass is 9.65. The van der Waals surface area contributed by atoms with Crippen LogP contribution in [0.25, 0.3) is 22.3 Å². The van der Waals surface area contributed by atoms with E-state index in [0.29, 0.717) is 11.8 Å². The van der Waals surface area contributed by atoms with E-state index < -0.39 is 0 Å². The van der Waals surface area contributed by atoms with Crippen molar-refractivity contribution in [3.8, 4) is 22.3 Å². The molecule has 0 spiro atoms. The fraction of sp³-hybridized carbons (Fsp3) is 0.273. The fourth-order valence-corrected chi connectivity index (χ4v) is 10.8. The molecule has 0 bridgehead atoms. The van der Waals surface area contributed by atoms with Crippen LogP contribution in [-0.4, -0.2) is 0 Å². The number of aryl methyl sites for hydroxylation is 4. The molecular formula is C66H70N2. The summed E-state index contributed by atoms with van der Waals surface area (Å²) in [6.45, 7) is 18.0. The Balaban J connectivity index is 1.05. The number of rotatable bonds is 14. The van der Waals surface area contributed by atoms with Gasteiger partial charge in [-0.25, -0.2) is 0 Å². The number of hydrogen-bond donors (Lipinski definition) is 0. The van der Waals surface area contributed by atoms with Crippen molar-refractivity contribution in [3.05, 3.63) is 226 Å². The molecule has 68 heavy (non-hydrogen) atoms. The van der Waals surface area contributed by atoms with Gasteiger partial charge in [0, 0.05) is 39.5 Å². The number of nitrogens with zero attached hydrogens (tertiary/aromatic N) is 2. The minimum atomic E-state index is -0.0537. The van der Waals surface area contributed by atoms with E-state index in [0.717, 1.165) is 37.1 Å². The predicted octanol–water partition coefficient (Wildman–Crippen LogP) is 18.8. The predicted molar refractivity (Wildman–Crippen MR) is 293 cm³/mol. The summed E-state index contributed by atoms with van der Waals surface area (Å²) in [6, 6.07) is 69.2. The van der Waals surface area contributed by atoms with Gasteiger partial charge in [0.1, 0.15) is 0 Å². The zero-order chi connectivity index (χ0) is 47.4. The van der Waals surface area contributed by atoms with Crippen LogP contribution in [0.5, 0.6) is 0 Å². The van der Waals surface area contributed by atoms with Gasteiger partial charge < -0.3 is 9.80 Å². The Morgan fingerprint density at radius 3 is 1.06 bits per heavy atom. The Bertz CT molecular complexity index is 2750. The van der Waals surface area contributed by atoms with Gasteiger partial charge in [0.25, 0.3) is 0 Å². The average molecular weight is 891 g/mol. The number of benzene rings is 8. The summed E-state index contributed by atoms with van der Waals surface area (Å²) in [4.78, 5) is 4.86. The van der Waals surface area contributed by atoms with Gasteiger partial charge in [0.15, 0.2) is 0 Å².